The molecule has 1 amide bonds. The molecule has 0 spiro atoms. The normalized spacial score (nSPS) is 11.8. The summed E-state index contributed by atoms with van der Waals surface area (Å²) in [4.78, 5) is 17.3. The summed E-state index contributed by atoms with van der Waals surface area (Å²) in [5.74, 6) is 0.699. The molecule has 0 radical (unpaired) electrons. The van der Waals surface area contributed by atoms with Gasteiger partial charge in [0.25, 0.3) is 0 Å². The molecule has 1 aliphatic rings. The van der Waals surface area contributed by atoms with E-state index in [0.29, 0.717) is 5.13 Å². The van der Waals surface area contributed by atoms with Gasteiger partial charge in [-0.25, -0.2) is 4.98 Å². The molecule has 1 heterocycles. The third kappa shape index (κ3) is 2.74. The Hall–Kier alpha value is -2.86. The summed E-state index contributed by atoms with van der Waals surface area (Å²) >= 11 is 1.52. The lowest BCUT2D eigenvalue weighted by atomic mass is 9.97. The third-order valence-electron chi connectivity index (χ3n) is 4.28. The van der Waals surface area contributed by atoms with E-state index in [1.54, 1.807) is 7.11 Å². The molecule has 0 aliphatic heterocycles. The molecule has 0 bridgehead atoms. The first-order valence-electron chi connectivity index (χ1n) is 7.89. The summed E-state index contributed by atoms with van der Waals surface area (Å²) in [5.41, 5.74) is 11.8. The average Bonchev–Trinajstić information content (AvgIpc) is 3.09. The number of nitrogens with one attached hydrogen (secondary N) is 1. The fourth-order valence-electron chi connectivity index (χ4n) is 3.19. The van der Waals surface area contributed by atoms with Gasteiger partial charge in [-0.15, -0.1) is 11.3 Å². The minimum Gasteiger partial charge on any atom is -0.497 e. The van der Waals surface area contributed by atoms with Gasteiger partial charge in [0.05, 0.1) is 12.8 Å². The number of rotatable bonds is 3. The lowest BCUT2D eigenvalue weighted by Gasteiger charge is -2.14. The van der Waals surface area contributed by atoms with Gasteiger partial charge in [-0.2, -0.15) is 0 Å². The number of carbonyl (C=O) groups is 1. The van der Waals surface area contributed by atoms with Gasteiger partial charge >= 0.3 is 0 Å². The maximum Gasteiger partial charge on any atom is 0.221 e. The third-order valence-corrected chi connectivity index (χ3v) is 5.16. The molecule has 0 fully saturated rings. The summed E-state index contributed by atoms with van der Waals surface area (Å²) in [7, 11) is 1.64. The number of fused-ring (bicyclic) bond motifs is 3. The minimum atomic E-state index is -0.0927. The van der Waals surface area contributed by atoms with Crippen molar-refractivity contribution in [3.05, 3.63) is 46.8 Å². The van der Waals surface area contributed by atoms with Crippen LogP contribution < -0.4 is 15.8 Å². The first-order valence-corrected chi connectivity index (χ1v) is 8.71. The molecule has 25 heavy (non-hydrogen) atoms. The van der Waals surface area contributed by atoms with E-state index in [-0.39, 0.29) is 5.91 Å². The number of hydrogen-bond acceptors (Lipinski definition) is 5. The average molecular weight is 351 g/mol. The van der Waals surface area contributed by atoms with Gasteiger partial charge in [-0.1, -0.05) is 12.1 Å². The Morgan fingerprint density at radius 2 is 2.00 bits per heavy atom. The Labute approximate surface area is 149 Å². The van der Waals surface area contributed by atoms with Crippen LogP contribution in [0.15, 0.2) is 36.4 Å². The number of benzene rings is 2. The van der Waals surface area contributed by atoms with E-state index < -0.39 is 0 Å². The highest BCUT2D eigenvalue weighted by atomic mass is 32.1. The molecule has 0 atom stereocenters. The topological polar surface area (TPSA) is 77.2 Å². The fraction of sp³-hybridized carbons (Fsp3) is 0.158. The Balaban J connectivity index is 1.87. The van der Waals surface area contributed by atoms with E-state index in [9.17, 15) is 4.79 Å². The first-order chi connectivity index (χ1) is 12.0. The minimum absolute atomic E-state index is 0.0927. The number of nitrogens with two attached hydrogens (primary N) is 1. The summed E-state index contributed by atoms with van der Waals surface area (Å²) in [6, 6.07) is 11.9. The fourth-order valence-corrected chi connectivity index (χ4v) is 4.06. The number of amides is 1. The maximum absolute atomic E-state index is 11.7. The lowest BCUT2D eigenvalue weighted by Crippen LogP contribution is -2.07. The van der Waals surface area contributed by atoms with Gasteiger partial charge < -0.3 is 15.8 Å². The number of carbonyl (C=O) groups excluding carboxylic acids is 1. The van der Waals surface area contributed by atoms with Crippen LogP contribution in [0.4, 0.5) is 10.8 Å². The SMILES string of the molecule is COc1ccc(-c2cc3c(cc2NC(C)=O)Cc2sc(N)nc2-3)cc1. The summed E-state index contributed by atoms with van der Waals surface area (Å²) in [5, 5.41) is 3.54. The molecule has 5 nitrogen and oxygen atoms in total. The number of nitrogen functional groups attached to an aromatic ring is 1. The Bertz CT molecular complexity index is 977. The lowest BCUT2D eigenvalue weighted by molar-refractivity contribution is -0.114. The van der Waals surface area contributed by atoms with E-state index in [1.807, 2.05) is 30.3 Å². The number of aromatic nitrogens is 1. The second-order valence-electron chi connectivity index (χ2n) is 5.97. The van der Waals surface area contributed by atoms with Crippen LogP contribution in [0.1, 0.15) is 17.4 Å². The molecule has 0 saturated heterocycles. The zero-order chi connectivity index (χ0) is 17.6. The van der Waals surface area contributed by atoms with Crippen molar-refractivity contribution < 1.29 is 9.53 Å². The van der Waals surface area contributed by atoms with Crippen LogP contribution in [0.3, 0.4) is 0 Å². The quantitative estimate of drug-likeness (QED) is 0.586. The van der Waals surface area contributed by atoms with Crippen molar-refractivity contribution in [2.75, 3.05) is 18.2 Å². The highest BCUT2D eigenvalue weighted by Crippen LogP contribution is 2.44. The van der Waals surface area contributed by atoms with Gasteiger partial charge in [0.1, 0.15) is 5.75 Å². The smallest absolute Gasteiger partial charge is 0.221 e. The van der Waals surface area contributed by atoms with Crippen LogP contribution in [0.5, 0.6) is 5.75 Å². The Kier molecular flexibility index (Phi) is 3.69. The van der Waals surface area contributed by atoms with E-state index >= 15 is 0 Å². The molecule has 0 saturated carbocycles. The van der Waals surface area contributed by atoms with Crippen molar-refractivity contribution in [3.63, 3.8) is 0 Å². The molecule has 4 rings (SSSR count). The number of ether oxygens (including phenoxy) is 1. The summed E-state index contributed by atoms with van der Waals surface area (Å²) in [6.45, 7) is 1.52. The molecular formula is C19H17N3O2S. The predicted molar refractivity (Wildman–Crippen MR) is 101 cm³/mol. The summed E-state index contributed by atoms with van der Waals surface area (Å²) < 4.78 is 5.23. The van der Waals surface area contributed by atoms with E-state index in [4.69, 9.17) is 10.5 Å². The van der Waals surface area contributed by atoms with E-state index in [1.165, 1.54) is 23.1 Å². The molecule has 126 valence electrons. The van der Waals surface area contributed by atoms with Gasteiger partial charge in [-0.05, 0) is 35.4 Å². The molecule has 6 heteroatoms. The second kappa shape index (κ2) is 5.89. The molecule has 0 unspecified atom stereocenters. The largest absolute Gasteiger partial charge is 0.497 e. The van der Waals surface area contributed by atoms with Crippen molar-refractivity contribution in [1.29, 1.82) is 0 Å². The van der Waals surface area contributed by atoms with Crippen LogP contribution in [-0.2, 0) is 11.2 Å². The number of anilines is 2. The van der Waals surface area contributed by atoms with Gasteiger partial charge in [-0.3, -0.25) is 4.79 Å². The van der Waals surface area contributed by atoms with Crippen molar-refractivity contribution in [3.8, 4) is 28.1 Å². The van der Waals surface area contributed by atoms with Crippen molar-refractivity contribution in [1.82, 2.24) is 4.98 Å². The molecular weight excluding hydrogens is 334 g/mol. The molecule has 1 aliphatic carbocycles. The molecule has 1 aromatic heterocycles. The van der Waals surface area contributed by atoms with Crippen LogP contribution in [0, 0.1) is 0 Å². The highest BCUT2D eigenvalue weighted by molar-refractivity contribution is 7.15. The standard InChI is InChI=1S/C19H17N3O2S/c1-10(23)21-16-7-12-8-17-18(22-19(20)25-17)15(12)9-14(16)11-3-5-13(24-2)6-4-11/h3-7,9H,8H2,1-2H3,(H2,20,22)(H,21,23). The van der Waals surface area contributed by atoms with Crippen molar-refractivity contribution in [2.45, 2.75) is 13.3 Å². The first kappa shape index (κ1) is 15.7. The number of nitrogens with zero attached hydrogens (tertiary/aromatic N) is 1. The molecule has 2 aromatic carbocycles. The van der Waals surface area contributed by atoms with Crippen LogP contribution in [0.25, 0.3) is 22.4 Å². The van der Waals surface area contributed by atoms with Gasteiger partial charge in [0.15, 0.2) is 5.13 Å². The number of methoxy groups -OCH3 is 1. The van der Waals surface area contributed by atoms with Gasteiger partial charge in [0.2, 0.25) is 5.91 Å². The number of thiazole rings is 1. The van der Waals surface area contributed by atoms with E-state index in [0.717, 1.165) is 45.8 Å². The Morgan fingerprint density at radius 3 is 2.68 bits per heavy atom. The maximum atomic E-state index is 11.7. The van der Waals surface area contributed by atoms with Gasteiger partial charge in [0, 0.05) is 35.0 Å². The molecule has 3 aromatic rings. The second-order valence-corrected chi connectivity index (χ2v) is 7.08. The van der Waals surface area contributed by atoms with Crippen LogP contribution in [0.2, 0.25) is 0 Å². The zero-order valence-electron chi connectivity index (χ0n) is 13.9. The highest BCUT2D eigenvalue weighted by Gasteiger charge is 2.25. The Morgan fingerprint density at radius 1 is 1.24 bits per heavy atom. The van der Waals surface area contributed by atoms with Crippen molar-refractivity contribution in [2.24, 2.45) is 0 Å². The van der Waals surface area contributed by atoms with Crippen LogP contribution in [-0.4, -0.2) is 18.0 Å². The predicted octanol–water partition coefficient (Wildman–Crippen LogP) is 3.93. The summed E-state index contributed by atoms with van der Waals surface area (Å²) in [6.07, 6.45) is 0.801. The van der Waals surface area contributed by atoms with Crippen molar-refractivity contribution >= 4 is 28.1 Å². The monoisotopic (exact) mass is 351 g/mol. The number of hydrogen-bond donors (Lipinski definition) is 2. The zero-order valence-corrected chi connectivity index (χ0v) is 14.7. The van der Waals surface area contributed by atoms with Crippen LogP contribution >= 0.6 is 11.3 Å². The molecule has 3 N–H and O–H groups in total. The van der Waals surface area contributed by atoms with E-state index in [2.05, 4.69) is 16.4 Å².